The number of aromatic nitrogens is 6. The van der Waals surface area contributed by atoms with Crippen LogP contribution in [-0.2, 0) is 20.0 Å². The van der Waals surface area contributed by atoms with Crippen molar-refractivity contribution in [1.82, 2.24) is 44.3 Å². The number of likely N-dealkylation sites (tertiary alicyclic amines) is 2. The molecule has 2 aromatic carbocycles. The van der Waals surface area contributed by atoms with Crippen molar-refractivity contribution in [1.29, 1.82) is 0 Å². The Bertz CT molecular complexity index is 3200. The molecule has 26 heteroatoms. The maximum Gasteiger partial charge on any atom is 0.256 e. The number of halogens is 4. The number of anilines is 3. The van der Waals surface area contributed by atoms with Crippen molar-refractivity contribution in [2.75, 3.05) is 79.3 Å². The highest BCUT2D eigenvalue weighted by Crippen LogP contribution is 2.37. The van der Waals surface area contributed by atoms with E-state index < -0.39 is 20.0 Å². The van der Waals surface area contributed by atoms with Gasteiger partial charge < -0.3 is 30.2 Å². The Balaban J connectivity index is 0.000000193. The van der Waals surface area contributed by atoms with Crippen molar-refractivity contribution >= 4 is 108 Å². The van der Waals surface area contributed by atoms with E-state index in [1.165, 1.54) is 24.3 Å². The Morgan fingerprint density at radius 2 is 1.14 bits per heavy atom. The number of fused-ring (bicyclic) bond motifs is 2. The van der Waals surface area contributed by atoms with Gasteiger partial charge in [0.25, 0.3) is 11.8 Å². The van der Waals surface area contributed by atoms with Crippen molar-refractivity contribution < 1.29 is 36.6 Å². The standard InChI is InChI=1S/C24H29ClN6O4S.C20H21Cl2N5O3S.C4H9NO.ClH/c1-15-11-31-22(26-23(15)29-12-16(13-29)14-32)10-20(27-31)21-5-3-4-8-30(21)24(33)18-9-17(25)6-7-19(18)28-36(2,34)35;1-12-11-27-18(23-19(12)22)10-16(24-27)17-5-3-4-8-26(17)20(28)14-9-13(21)6-7-15(14)25-31(2,29)30;6-3-4-1-5-2-4;/h6-7,9-11,16,21,28,32H,3-5,8,12-14H2,1-2H3;6-7,9-11,17,25H,3-5,8H2,1-2H3;4-6H,1-3H2;1H/t21-;17-;;/m00../s1. The molecule has 20 nitrogen and oxygen atoms in total. The van der Waals surface area contributed by atoms with Gasteiger partial charge in [-0.1, -0.05) is 34.8 Å². The smallest absolute Gasteiger partial charge is 0.256 e. The molecule has 4 fully saturated rings. The highest BCUT2D eigenvalue weighted by Gasteiger charge is 2.35. The largest absolute Gasteiger partial charge is 0.396 e. The normalized spacial score (nSPS) is 18.3. The fourth-order valence-corrected chi connectivity index (χ4v) is 10.9. The number of nitrogens with one attached hydrogen (secondary N) is 3. The minimum atomic E-state index is -3.58. The molecule has 4 aliphatic heterocycles. The van der Waals surface area contributed by atoms with Crippen LogP contribution in [0.25, 0.3) is 11.3 Å². The first-order valence-electron chi connectivity index (χ1n) is 23.9. The van der Waals surface area contributed by atoms with E-state index in [-0.39, 0.29) is 71.3 Å². The molecule has 5 N–H and O–H groups in total. The number of amides is 2. The van der Waals surface area contributed by atoms with Crippen LogP contribution in [0, 0.1) is 25.7 Å². The number of aliphatic hydroxyl groups is 2. The number of carbonyl (C=O) groups is 2. The average molecular weight is 1140 g/mol. The van der Waals surface area contributed by atoms with Crippen molar-refractivity contribution in [3.05, 3.63) is 110 Å². The van der Waals surface area contributed by atoms with E-state index >= 15 is 0 Å². The SMILES string of the molecule is Cc1cn2nc([C@@H]3CCCCN3C(=O)c3cc(Cl)ccc3NS(C)(=O)=O)cc2nc1Cl.Cc1cn2nc([C@@H]3CCCCN3C(=O)c3cc(Cl)ccc3NS(C)(=O)=O)cc2nc1N1CC(CO)C1.Cl.OCC1CNC1. The number of nitrogens with zero attached hydrogens (tertiary/aromatic N) is 9. The van der Waals surface area contributed by atoms with Gasteiger partial charge in [0.15, 0.2) is 11.3 Å². The van der Waals surface area contributed by atoms with Gasteiger partial charge in [-0.15, -0.1) is 12.4 Å². The molecule has 0 unspecified atom stereocenters. The minimum Gasteiger partial charge on any atom is -0.396 e. The molecule has 0 bridgehead atoms. The third kappa shape index (κ3) is 13.5. The van der Waals surface area contributed by atoms with E-state index in [4.69, 9.17) is 50.0 Å². The van der Waals surface area contributed by atoms with Crippen LogP contribution < -0.4 is 19.7 Å². The lowest BCUT2D eigenvalue weighted by atomic mass is 9.98. The highest BCUT2D eigenvalue weighted by atomic mass is 35.5. The summed E-state index contributed by atoms with van der Waals surface area (Å²) in [5.41, 5.74) is 5.33. The lowest BCUT2D eigenvalue weighted by molar-refractivity contribution is 0.0600. The van der Waals surface area contributed by atoms with Crippen LogP contribution in [0.2, 0.25) is 15.2 Å². The van der Waals surface area contributed by atoms with Crippen molar-refractivity contribution in [3.63, 3.8) is 0 Å². The predicted octanol–water partition coefficient (Wildman–Crippen LogP) is 6.56. The Labute approximate surface area is 451 Å². The predicted molar refractivity (Wildman–Crippen MR) is 289 cm³/mol. The number of carbonyl (C=O) groups excluding carboxylic acids is 2. The van der Waals surface area contributed by atoms with Crippen LogP contribution >= 0.6 is 47.2 Å². The molecular formula is C48H60Cl4N12O8S2. The third-order valence-electron chi connectivity index (χ3n) is 13.1. The van der Waals surface area contributed by atoms with E-state index in [1.54, 1.807) is 37.2 Å². The summed E-state index contributed by atoms with van der Waals surface area (Å²) in [5.74, 6) is 1.11. The fraction of sp³-hybridized carbons (Fsp3) is 0.458. The molecular weight excluding hydrogens is 1080 g/mol. The molecule has 400 valence electrons. The Morgan fingerprint density at radius 3 is 1.55 bits per heavy atom. The summed E-state index contributed by atoms with van der Waals surface area (Å²) in [5, 5.41) is 31.2. The molecule has 0 spiro atoms. The van der Waals surface area contributed by atoms with E-state index in [0.29, 0.717) is 57.8 Å². The summed E-state index contributed by atoms with van der Waals surface area (Å²) < 4.78 is 55.6. The summed E-state index contributed by atoms with van der Waals surface area (Å²) >= 11 is 18.4. The number of hydrogen-bond donors (Lipinski definition) is 5. The van der Waals surface area contributed by atoms with Crippen LogP contribution in [-0.4, -0.2) is 143 Å². The summed E-state index contributed by atoms with van der Waals surface area (Å²) in [7, 11) is -7.15. The molecule has 10 rings (SSSR count). The molecule has 4 saturated heterocycles. The van der Waals surface area contributed by atoms with Gasteiger partial charge in [0.05, 0.1) is 58.5 Å². The van der Waals surface area contributed by atoms with Crippen LogP contribution in [0.1, 0.15) is 93.8 Å². The van der Waals surface area contributed by atoms with E-state index in [1.807, 2.05) is 32.2 Å². The molecule has 0 saturated carbocycles. The van der Waals surface area contributed by atoms with Crippen LogP contribution in [0.5, 0.6) is 0 Å². The number of aliphatic hydroxyl groups excluding tert-OH is 2. The Kier molecular flexibility index (Phi) is 18.3. The Morgan fingerprint density at radius 1 is 0.676 bits per heavy atom. The zero-order valence-corrected chi connectivity index (χ0v) is 45.9. The number of sulfonamides is 2. The van der Waals surface area contributed by atoms with Gasteiger partial charge in [0.2, 0.25) is 20.0 Å². The Hall–Kier alpha value is -5.04. The van der Waals surface area contributed by atoms with Gasteiger partial charge in [-0.2, -0.15) is 10.2 Å². The lowest BCUT2D eigenvalue weighted by Crippen LogP contribution is -2.49. The van der Waals surface area contributed by atoms with Crippen LogP contribution in [0.3, 0.4) is 0 Å². The van der Waals surface area contributed by atoms with Gasteiger partial charge >= 0.3 is 0 Å². The average Bonchev–Trinajstić information content (AvgIpc) is 3.92. The maximum absolute atomic E-state index is 13.7. The quantitative estimate of drug-likeness (QED) is 0.0863. The van der Waals surface area contributed by atoms with E-state index in [0.717, 1.165) is 99.9 Å². The maximum atomic E-state index is 13.7. The molecule has 6 aromatic rings. The van der Waals surface area contributed by atoms with Crippen molar-refractivity contribution in [2.45, 2.75) is 64.5 Å². The van der Waals surface area contributed by atoms with Crippen LogP contribution in [0.15, 0.2) is 60.9 Å². The minimum absolute atomic E-state index is 0. The third-order valence-corrected chi connectivity index (χ3v) is 15.1. The molecule has 2 amide bonds. The number of piperidine rings is 2. The first-order chi connectivity index (χ1) is 34.7. The van der Waals surface area contributed by atoms with Gasteiger partial charge in [0.1, 0.15) is 11.0 Å². The topological polar surface area (TPSA) is 249 Å². The molecule has 0 aliphatic carbocycles. The second kappa shape index (κ2) is 23.9. The highest BCUT2D eigenvalue weighted by molar-refractivity contribution is 7.92. The zero-order chi connectivity index (χ0) is 52.4. The van der Waals surface area contributed by atoms with Gasteiger partial charge in [-0.25, -0.2) is 35.8 Å². The summed E-state index contributed by atoms with van der Waals surface area (Å²) in [4.78, 5) is 42.0. The molecule has 4 aliphatic rings. The second-order valence-electron chi connectivity index (χ2n) is 19.0. The summed E-state index contributed by atoms with van der Waals surface area (Å²) in [6, 6.07) is 12.3. The van der Waals surface area contributed by atoms with Crippen molar-refractivity contribution in [3.8, 4) is 0 Å². The lowest BCUT2D eigenvalue weighted by Gasteiger charge is -2.39. The van der Waals surface area contributed by atoms with E-state index in [2.05, 4.69) is 29.7 Å². The van der Waals surface area contributed by atoms with Gasteiger partial charge in [-0.05, 0) is 88.8 Å². The number of hydrogen-bond acceptors (Lipinski definition) is 14. The summed E-state index contributed by atoms with van der Waals surface area (Å²) in [6.45, 7) is 8.98. The second-order valence-corrected chi connectivity index (χ2v) is 23.7. The van der Waals surface area contributed by atoms with Gasteiger partial charge in [0, 0.05) is 110 Å². The number of aryl methyl sites for hydroxylation is 2. The van der Waals surface area contributed by atoms with Crippen molar-refractivity contribution in [2.24, 2.45) is 11.8 Å². The molecule has 8 heterocycles. The van der Waals surface area contributed by atoms with Crippen LogP contribution in [0.4, 0.5) is 17.2 Å². The first-order valence-corrected chi connectivity index (χ1v) is 28.8. The number of rotatable bonds is 11. The van der Waals surface area contributed by atoms with Gasteiger partial charge in [-0.3, -0.25) is 19.0 Å². The summed E-state index contributed by atoms with van der Waals surface area (Å²) in [6.07, 6.45) is 10.9. The molecule has 74 heavy (non-hydrogen) atoms. The zero-order valence-electron chi connectivity index (χ0n) is 41.2. The first kappa shape index (κ1) is 56.7. The monoisotopic (exact) mass is 1140 g/mol. The number of benzene rings is 2. The van der Waals surface area contributed by atoms with E-state index in [9.17, 15) is 31.5 Å². The molecule has 2 atom stereocenters. The fourth-order valence-electron chi connectivity index (χ4n) is 9.25. The molecule has 4 aromatic heterocycles. The molecule has 0 radical (unpaired) electrons.